The number of fused-ring (bicyclic) bond motifs is 1. The third-order valence-electron chi connectivity index (χ3n) is 4.99. The fourth-order valence-electron chi connectivity index (χ4n) is 3.53. The molecule has 1 atom stereocenters. The topological polar surface area (TPSA) is 75.7 Å². The van der Waals surface area contributed by atoms with E-state index in [2.05, 4.69) is 5.32 Å². The van der Waals surface area contributed by atoms with Gasteiger partial charge in [0.25, 0.3) is 5.91 Å². The minimum Gasteiger partial charge on any atom is -0.455 e. The smallest absolute Gasteiger partial charge is 0.311 e. The van der Waals surface area contributed by atoms with E-state index in [4.69, 9.17) is 16.3 Å². The van der Waals surface area contributed by atoms with Crippen LogP contribution < -0.4 is 10.2 Å². The molecule has 1 heterocycles. The lowest BCUT2D eigenvalue weighted by Crippen LogP contribution is -2.28. The molecular formula is C23H19ClN2O4. The van der Waals surface area contributed by atoms with E-state index in [1.54, 1.807) is 29.2 Å². The monoisotopic (exact) mass is 422 g/mol. The minimum atomic E-state index is -0.611. The lowest BCUT2D eigenvalue weighted by atomic mass is 10.1. The first-order valence-electron chi connectivity index (χ1n) is 9.51. The fourth-order valence-corrected chi connectivity index (χ4v) is 3.65. The first-order chi connectivity index (χ1) is 14.5. The number of nitrogens with one attached hydrogen (secondary N) is 1. The number of hydrogen-bond donors (Lipinski definition) is 1. The van der Waals surface area contributed by atoms with Crippen molar-refractivity contribution < 1.29 is 19.1 Å². The molecule has 0 unspecified atom stereocenters. The van der Waals surface area contributed by atoms with Crippen molar-refractivity contribution in [2.45, 2.75) is 6.42 Å². The molecule has 3 aromatic rings. The number of nitrogens with zero attached hydrogens (tertiary/aromatic N) is 1. The molecule has 1 fully saturated rings. The Hall–Kier alpha value is -3.38. The van der Waals surface area contributed by atoms with Gasteiger partial charge in [-0.3, -0.25) is 14.4 Å². The molecule has 2 amide bonds. The Bertz CT molecular complexity index is 1110. The highest BCUT2D eigenvalue weighted by molar-refractivity contribution is 6.30. The molecule has 152 valence electrons. The number of esters is 1. The number of carbonyl (C=O) groups excluding carboxylic acids is 3. The number of rotatable bonds is 5. The summed E-state index contributed by atoms with van der Waals surface area (Å²) in [4.78, 5) is 38.6. The van der Waals surface area contributed by atoms with E-state index < -0.39 is 24.4 Å². The zero-order valence-corrected chi connectivity index (χ0v) is 16.8. The van der Waals surface area contributed by atoms with Gasteiger partial charge in [0, 0.05) is 29.1 Å². The highest BCUT2D eigenvalue weighted by atomic mass is 35.5. The minimum absolute atomic E-state index is 0.0564. The van der Waals surface area contributed by atoms with Crippen LogP contribution in [0.1, 0.15) is 6.42 Å². The number of anilines is 2. The van der Waals surface area contributed by atoms with Gasteiger partial charge in [-0.1, -0.05) is 48.0 Å². The molecule has 6 nitrogen and oxygen atoms in total. The first-order valence-corrected chi connectivity index (χ1v) is 9.89. The SMILES string of the molecule is O=C(COC(=O)[C@H]1CC(=O)N(c2cccc3ccccc23)C1)Nc1ccc(Cl)cc1. The molecule has 30 heavy (non-hydrogen) atoms. The van der Waals surface area contributed by atoms with E-state index >= 15 is 0 Å². The predicted octanol–water partition coefficient (Wildman–Crippen LogP) is 4.03. The van der Waals surface area contributed by atoms with Crippen molar-refractivity contribution in [3.05, 3.63) is 71.8 Å². The summed E-state index contributed by atoms with van der Waals surface area (Å²) in [6.07, 6.45) is 0.0564. The molecule has 4 rings (SSSR count). The summed E-state index contributed by atoms with van der Waals surface area (Å²) >= 11 is 5.81. The third kappa shape index (κ3) is 4.28. The average molecular weight is 423 g/mol. The lowest BCUT2D eigenvalue weighted by Gasteiger charge is -2.18. The number of benzene rings is 3. The van der Waals surface area contributed by atoms with E-state index in [0.29, 0.717) is 10.7 Å². The van der Waals surface area contributed by atoms with Crippen molar-refractivity contribution in [2.24, 2.45) is 5.92 Å². The second-order valence-electron chi connectivity index (χ2n) is 7.07. The summed E-state index contributed by atoms with van der Waals surface area (Å²) in [6, 6.07) is 20.1. The summed E-state index contributed by atoms with van der Waals surface area (Å²) < 4.78 is 5.15. The van der Waals surface area contributed by atoms with Crippen molar-refractivity contribution in [3.8, 4) is 0 Å². The Balaban J connectivity index is 1.37. The fraction of sp³-hybridized carbons (Fsp3) is 0.174. The molecule has 1 N–H and O–H groups in total. The highest BCUT2D eigenvalue weighted by Gasteiger charge is 2.36. The number of ether oxygens (including phenoxy) is 1. The van der Waals surface area contributed by atoms with Gasteiger partial charge >= 0.3 is 5.97 Å². The standard InChI is InChI=1S/C23H19ClN2O4/c24-17-8-10-18(11-9-17)25-21(27)14-30-23(29)16-12-22(28)26(13-16)20-7-3-5-15-4-1-2-6-19(15)20/h1-11,16H,12-14H2,(H,25,27)/t16-/m0/s1. The van der Waals surface area contributed by atoms with Crippen LogP contribution in [0.15, 0.2) is 66.7 Å². The van der Waals surface area contributed by atoms with Gasteiger partial charge in [-0.05, 0) is 35.7 Å². The second kappa shape index (κ2) is 8.55. The second-order valence-corrected chi connectivity index (χ2v) is 7.50. The number of halogens is 1. The van der Waals surface area contributed by atoms with E-state index in [9.17, 15) is 14.4 Å². The van der Waals surface area contributed by atoms with Crippen LogP contribution in [0.2, 0.25) is 5.02 Å². The normalized spacial score (nSPS) is 16.0. The molecule has 1 aliphatic rings. The van der Waals surface area contributed by atoms with Crippen LogP contribution in [-0.2, 0) is 19.1 Å². The third-order valence-corrected chi connectivity index (χ3v) is 5.24. The maximum Gasteiger partial charge on any atom is 0.311 e. The highest BCUT2D eigenvalue weighted by Crippen LogP contribution is 2.32. The van der Waals surface area contributed by atoms with Crippen molar-refractivity contribution in [1.82, 2.24) is 0 Å². The van der Waals surface area contributed by atoms with Gasteiger partial charge in [-0.25, -0.2) is 0 Å². The van der Waals surface area contributed by atoms with Crippen molar-refractivity contribution in [2.75, 3.05) is 23.4 Å². The van der Waals surface area contributed by atoms with Crippen LogP contribution in [0.25, 0.3) is 10.8 Å². The Morgan fingerprint density at radius 2 is 1.77 bits per heavy atom. The molecule has 7 heteroatoms. The van der Waals surface area contributed by atoms with Crippen LogP contribution in [0.5, 0.6) is 0 Å². The Morgan fingerprint density at radius 3 is 2.57 bits per heavy atom. The number of amides is 2. The molecule has 0 aliphatic carbocycles. The van der Waals surface area contributed by atoms with Crippen LogP contribution in [-0.4, -0.2) is 30.9 Å². The maximum atomic E-state index is 12.6. The number of hydrogen-bond acceptors (Lipinski definition) is 4. The van der Waals surface area contributed by atoms with E-state index in [0.717, 1.165) is 16.5 Å². The summed E-state index contributed by atoms with van der Waals surface area (Å²) in [5.41, 5.74) is 1.33. The Kier molecular flexibility index (Phi) is 5.68. The molecule has 1 aliphatic heterocycles. The van der Waals surface area contributed by atoms with Gasteiger partial charge in [-0.15, -0.1) is 0 Å². The molecule has 3 aromatic carbocycles. The average Bonchev–Trinajstić information content (AvgIpc) is 3.15. The van der Waals surface area contributed by atoms with Gasteiger partial charge in [0.05, 0.1) is 11.6 Å². The van der Waals surface area contributed by atoms with Crippen molar-refractivity contribution >= 4 is 51.5 Å². The van der Waals surface area contributed by atoms with Crippen molar-refractivity contribution in [1.29, 1.82) is 0 Å². The molecule has 0 spiro atoms. The van der Waals surface area contributed by atoms with Crippen LogP contribution in [0, 0.1) is 5.92 Å². The lowest BCUT2D eigenvalue weighted by molar-refractivity contribution is -0.151. The quantitative estimate of drug-likeness (QED) is 0.630. The number of carbonyl (C=O) groups is 3. The van der Waals surface area contributed by atoms with E-state index in [-0.39, 0.29) is 18.9 Å². The molecule has 0 saturated carbocycles. The van der Waals surface area contributed by atoms with Gasteiger partial charge in [-0.2, -0.15) is 0 Å². The van der Waals surface area contributed by atoms with Crippen molar-refractivity contribution in [3.63, 3.8) is 0 Å². The first kappa shape index (κ1) is 19.9. The van der Waals surface area contributed by atoms with Gasteiger partial charge in [0.2, 0.25) is 5.91 Å². The van der Waals surface area contributed by atoms with Crippen LogP contribution in [0.4, 0.5) is 11.4 Å². The molecule has 0 aromatic heterocycles. The molecular weight excluding hydrogens is 404 g/mol. The Labute approximate surface area is 178 Å². The molecule has 0 radical (unpaired) electrons. The largest absolute Gasteiger partial charge is 0.455 e. The van der Waals surface area contributed by atoms with E-state index in [1.165, 1.54) is 0 Å². The van der Waals surface area contributed by atoms with Crippen LogP contribution in [0.3, 0.4) is 0 Å². The van der Waals surface area contributed by atoms with Gasteiger partial charge < -0.3 is 15.0 Å². The summed E-state index contributed by atoms with van der Waals surface area (Å²) in [5.74, 6) is -1.77. The molecule has 1 saturated heterocycles. The maximum absolute atomic E-state index is 12.6. The summed E-state index contributed by atoms with van der Waals surface area (Å²) in [7, 11) is 0. The Morgan fingerprint density at radius 1 is 1.03 bits per heavy atom. The van der Waals surface area contributed by atoms with E-state index in [1.807, 2.05) is 42.5 Å². The van der Waals surface area contributed by atoms with Gasteiger partial charge in [0.15, 0.2) is 6.61 Å². The zero-order valence-electron chi connectivity index (χ0n) is 16.0. The molecule has 0 bridgehead atoms. The van der Waals surface area contributed by atoms with Crippen LogP contribution >= 0.6 is 11.6 Å². The summed E-state index contributed by atoms with van der Waals surface area (Å²) in [5, 5.41) is 5.15. The summed E-state index contributed by atoms with van der Waals surface area (Å²) in [6.45, 7) is -0.190. The van der Waals surface area contributed by atoms with Gasteiger partial charge in [0.1, 0.15) is 0 Å². The zero-order chi connectivity index (χ0) is 21.1. The predicted molar refractivity (Wildman–Crippen MR) is 115 cm³/mol.